The van der Waals surface area contributed by atoms with Gasteiger partial charge < -0.3 is 10.6 Å². The van der Waals surface area contributed by atoms with Crippen LogP contribution in [-0.4, -0.2) is 29.7 Å². The van der Waals surface area contributed by atoms with Crippen molar-refractivity contribution in [2.45, 2.75) is 26.2 Å². The highest BCUT2D eigenvalue weighted by atomic mass is 16.1. The van der Waals surface area contributed by atoms with Crippen LogP contribution in [-0.2, 0) is 6.42 Å². The molecule has 1 aromatic heterocycles. The van der Waals surface area contributed by atoms with E-state index in [2.05, 4.69) is 40.9 Å². The first-order valence-corrected chi connectivity index (χ1v) is 8.21. The minimum absolute atomic E-state index is 0.492. The van der Waals surface area contributed by atoms with Crippen LogP contribution in [0.1, 0.15) is 41.3 Å². The molecule has 25 heavy (non-hydrogen) atoms. The predicted octanol–water partition coefficient (Wildman–Crippen LogP) is 2.64. The molecule has 0 fully saturated rings. The van der Waals surface area contributed by atoms with E-state index < -0.39 is 0 Å². The number of nitriles is 1. The molecule has 0 radical (unpaired) electrons. The highest BCUT2D eigenvalue weighted by Gasteiger charge is 2.11. The van der Waals surface area contributed by atoms with E-state index in [0.717, 1.165) is 43.5 Å². The first-order chi connectivity index (χ1) is 12.2. The van der Waals surface area contributed by atoms with E-state index in [-0.39, 0.29) is 0 Å². The minimum Gasteiger partial charge on any atom is -0.372 e. The third-order valence-electron chi connectivity index (χ3n) is 3.63. The second kappa shape index (κ2) is 9.14. The van der Waals surface area contributed by atoms with Gasteiger partial charge in [0.15, 0.2) is 6.29 Å². The Morgan fingerprint density at radius 1 is 1.52 bits per heavy atom. The molecule has 1 aromatic carbocycles. The Bertz CT molecular complexity index is 785. The summed E-state index contributed by atoms with van der Waals surface area (Å²) in [6.45, 7) is 2.89. The molecule has 128 valence electrons. The van der Waals surface area contributed by atoms with Gasteiger partial charge in [-0.2, -0.15) is 10.4 Å². The molecular formula is C19H21N5O. The molecule has 0 spiro atoms. The van der Waals surface area contributed by atoms with Gasteiger partial charge in [-0.3, -0.25) is 4.79 Å². The lowest BCUT2D eigenvalue weighted by Gasteiger charge is -2.14. The van der Waals surface area contributed by atoms with Gasteiger partial charge in [-0.1, -0.05) is 19.1 Å². The Kier molecular flexibility index (Phi) is 6.62. The summed E-state index contributed by atoms with van der Waals surface area (Å²) in [5.41, 5.74) is 2.04. The van der Waals surface area contributed by atoms with E-state index in [0.29, 0.717) is 16.9 Å². The van der Waals surface area contributed by atoms with E-state index >= 15 is 0 Å². The van der Waals surface area contributed by atoms with Gasteiger partial charge in [-0.05, 0) is 43.0 Å². The molecular weight excluding hydrogens is 314 g/mol. The van der Waals surface area contributed by atoms with Gasteiger partial charge in [0, 0.05) is 13.6 Å². The molecule has 6 nitrogen and oxygen atoms in total. The zero-order chi connectivity index (χ0) is 18.1. The zero-order valence-electron chi connectivity index (χ0n) is 14.5. The van der Waals surface area contributed by atoms with Gasteiger partial charge in [0.1, 0.15) is 23.3 Å². The number of hydrogen-bond acceptors (Lipinski definition) is 5. The molecule has 1 heterocycles. The lowest BCUT2D eigenvalue weighted by Crippen LogP contribution is -2.20. The largest absolute Gasteiger partial charge is 0.372 e. The molecule has 0 aliphatic heterocycles. The maximum Gasteiger partial charge on any atom is 0.155 e. The van der Waals surface area contributed by atoms with E-state index in [4.69, 9.17) is 5.26 Å². The molecule has 0 saturated heterocycles. The number of aldehydes is 1. The summed E-state index contributed by atoms with van der Waals surface area (Å²) >= 11 is 0. The van der Waals surface area contributed by atoms with Crippen LogP contribution in [0.2, 0.25) is 0 Å². The summed E-state index contributed by atoms with van der Waals surface area (Å²) in [7, 11) is 1.76. The predicted molar refractivity (Wildman–Crippen MR) is 96.9 cm³/mol. The Balaban J connectivity index is 2.19. The number of nitrogens with zero attached hydrogens (tertiary/aromatic N) is 3. The number of allylic oxidation sites excluding steroid dienone is 1. The SMILES string of the molecule is CCCN/C(=C/CCc1cc#cc(C#N)c1)n1ncc(C=O)c1NC. The second-order valence-corrected chi connectivity index (χ2v) is 5.44. The molecule has 2 N–H and O–H groups in total. The molecule has 0 unspecified atom stereocenters. The number of carbonyl (C=O) groups excluding carboxylic acids is 1. The molecule has 0 bridgehead atoms. The van der Waals surface area contributed by atoms with Crippen molar-refractivity contribution in [3.05, 3.63) is 53.2 Å². The van der Waals surface area contributed by atoms with E-state index in [1.165, 1.54) is 0 Å². The van der Waals surface area contributed by atoms with Crippen LogP contribution in [0.3, 0.4) is 0 Å². The van der Waals surface area contributed by atoms with Crippen molar-refractivity contribution >= 4 is 17.9 Å². The van der Waals surface area contributed by atoms with Crippen LogP contribution >= 0.6 is 0 Å². The lowest BCUT2D eigenvalue weighted by atomic mass is 10.1. The Hall–Kier alpha value is -3.25. The smallest absolute Gasteiger partial charge is 0.155 e. The Morgan fingerprint density at radius 2 is 2.36 bits per heavy atom. The minimum atomic E-state index is 0.492. The highest BCUT2D eigenvalue weighted by molar-refractivity contribution is 5.83. The van der Waals surface area contributed by atoms with E-state index in [1.54, 1.807) is 17.9 Å². The van der Waals surface area contributed by atoms with Crippen LogP contribution in [0.4, 0.5) is 5.82 Å². The topological polar surface area (TPSA) is 82.7 Å². The van der Waals surface area contributed by atoms with Crippen LogP contribution < -0.4 is 10.6 Å². The van der Waals surface area contributed by atoms with Gasteiger partial charge >= 0.3 is 0 Å². The van der Waals surface area contributed by atoms with Crippen molar-refractivity contribution in [2.75, 3.05) is 18.9 Å². The normalized spacial score (nSPS) is 10.7. The number of rotatable bonds is 9. The number of carbonyl (C=O) groups is 1. The standard InChI is InChI=1S/C19H21N5O/c1-3-10-22-18(24-19(21-2)17(14-25)13-23-24)9-5-7-15-6-4-8-16(11-15)12-20/h6,9,11,13-14,21-22H,3,5,7,10H2,1-2H3/b18-9-. The summed E-state index contributed by atoms with van der Waals surface area (Å²) < 4.78 is 1.70. The van der Waals surface area contributed by atoms with Gasteiger partial charge in [0.2, 0.25) is 0 Å². The van der Waals surface area contributed by atoms with E-state index in [1.807, 2.05) is 18.2 Å². The van der Waals surface area contributed by atoms with Gasteiger partial charge in [0.25, 0.3) is 0 Å². The van der Waals surface area contributed by atoms with Crippen molar-refractivity contribution < 1.29 is 4.79 Å². The fourth-order valence-corrected chi connectivity index (χ4v) is 2.42. The number of aryl methyl sites for hydroxylation is 1. The summed E-state index contributed by atoms with van der Waals surface area (Å²) in [6, 6.07) is 11.4. The molecule has 0 aliphatic rings. The maximum absolute atomic E-state index is 11.1. The summed E-state index contributed by atoms with van der Waals surface area (Å²) in [5, 5.41) is 19.6. The van der Waals surface area contributed by atoms with Crippen LogP contribution in [0.5, 0.6) is 0 Å². The first-order valence-electron chi connectivity index (χ1n) is 8.21. The Morgan fingerprint density at radius 3 is 3.04 bits per heavy atom. The van der Waals surface area contributed by atoms with Crippen molar-refractivity contribution in [1.29, 1.82) is 5.26 Å². The molecule has 0 atom stereocenters. The summed E-state index contributed by atoms with van der Waals surface area (Å²) in [5.74, 6) is 1.48. The number of hydrogen-bond donors (Lipinski definition) is 2. The van der Waals surface area contributed by atoms with Gasteiger partial charge in [-0.15, -0.1) is 0 Å². The highest BCUT2D eigenvalue weighted by Crippen LogP contribution is 2.17. The third kappa shape index (κ3) is 4.62. The fourth-order valence-electron chi connectivity index (χ4n) is 2.42. The molecule has 0 aliphatic carbocycles. The zero-order valence-corrected chi connectivity index (χ0v) is 14.5. The number of nitrogens with one attached hydrogen (secondary N) is 2. The van der Waals surface area contributed by atoms with Crippen molar-refractivity contribution in [3.8, 4) is 6.07 Å². The summed E-state index contributed by atoms with van der Waals surface area (Å²) in [6.07, 6.45) is 6.87. The molecule has 0 amide bonds. The second-order valence-electron chi connectivity index (χ2n) is 5.44. The Labute approximate surface area is 148 Å². The van der Waals surface area contributed by atoms with Gasteiger partial charge in [0.05, 0.1) is 11.8 Å². The molecule has 2 aromatic rings. The average molecular weight is 335 g/mol. The third-order valence-corrected chi connectivity index (χ3v) is 3.63. The monoisotopic (exact) mass is 335 g/mol. The summed E-state index contributed by atoms with van der Waals surface area (Å²) in [4.78, 5) is 11.1. The lowest BCUT2D eigenvalue weighted by molar-refractivity contribution is 0.112. The average Bonchev–Trinajstić information content (AvgIpc) is 3.07. The van der Waals surface area contributed by atoms with Crippen molar-refractivity contribution in [1.82, 2.24) is 15.1 Å². The van der Waals surface area contributed by atoms with Crippen LogP contribution in [0.15, 0.2) is 24.4 Å². The van der Waals surface area contributed by atoms with Gasteiger partial charge in [-0.25, -0.2) is 4.68 Å². The molecule has 2 rings (SSSR count). The molecule has 0 saturated carbocycles. The van der Waals surface area contributed by atoms with Crippen LogP contribution in [0.25, 0.3) is 5.82 Å². The number of anilines is 1. The van der Waals surface area contributed by atoms with E-state index in [9.17, 15) is 4.79 Å². The molecule has 6 heteroatoms. The fraction of sp³-hybridized carbons (Fsp3) is 0.316. The quantitative estimate of drug-likeness (QED) is 0.688. The maximum atomic E-state index is 11.1. The van der Waals surface area contributed by atoms with Crippen molar-refractivity contribution in [3.63, 3.8) is 0 Å². The first kappa shape index (κ1) is 18.1. The van der Waals surface area contributed by atoms with Crippen LogP contribution in [0, 0.1) is 23.5 Å². The number of aromatic nitrogens is 2. The van der Waals surface area contributed by atoms with Crippen molar-refractivity contribution in [2.24, 2.45) is 0 Å².